The number of likely N-dealkylation sites (N-methyl/N-ethyl adjacent to an activating group) is 2. The Hall–Kier alpha value is -1.51. The molecule has 25 heavy (non-hydrogen) atoms. The molecule has 3 rings (SSSR count). The second kappa shape index (κ2) is 7.01. The monoisotopic (exact) mass is 381 g/mol. The van der Waals surface area contributed by atoms with E-state index < -0.39 is 9.84 Å². The molecule has 8 heteroatoms. The van der Waals surface area contributed by atoms with Gasteiger partial charge in [0.25, 0.3) is 0 Å². The van der Waals surface area contributed by atoms with Crippen LogP contribution in [0.1, 0.15) is 18.4 Å². The maximum atomic E-state index is 12.7. The summed E-state index contributed by atoms with van der Waals surface area (Å²) in [4.78, 5) is 20.9. The zero-order valence-electron chi connectivity index (χ0n) is 14.7. The minimum Gasteiger partial charge on any atom is -0.340 e. The SMILES string of the molecule is C[C@@H](C(=O)N(C)[C@@H]1CCS(=O)(=O)C1)N(C)Cc1nc2ccccc2s1. The Morgan fingerprint density at radius 3 is 2.72 bits per heavy atom. The molecule has 2 aromatic rings. The number of carbonyl (C=O) groups excluding carboxylic acids is 1. The standard InChI is InChI=1S/C17H23N3O3S2/c1-12(17(21)20(3)13-8-9-25(22,23)11-13)19(2)10-16-18-14-6-4-5-7-15(14)24-16/h4-7,12-13H,8-11H2,1-3H3/t12-,13+/m0/s1. The van der Waals surface area contributed by atoms with Crippen LogP contribution >= 0.6 is 11.3 Å². The molecule has 0 radical (unpaired) electrons. The molecule has 0 N–H and O–H groups in total. The van der Waals surface area contributed by atoms with E-state index >= 15 is 0 Å². The van der Waals surface area contributed by atoms with Gasteiger partial charge < -0.3 is 4.90 Å². The number of aromatic nitrogens is 1. The molecule has 1 aliphatic rings. The molecule has 1 fully saturated rings. The minimum absolute atomic E-state index is 0.0503. The number of nitrogens with zero attached hydrogens (tertiary/aromatic N) is 3. The van der Waals surface area contributed by atoms with Crippen LogP contribution < -0.4 is 0 Å². The van der Waals surface area contributed by atoms with Gasteiger partial charge in [-0.15, -0.1) is 11.3 Å². The third-order valence-electron chi connectivity index (χ3n) is 4.85. The number of hydrogen-bond acceptors (Lipinski definition) is 6. The number of fused-ring (bicyclic) bond motifs is 1. The highest BCUT2D eigenvalue weighted by Crippen LogP contribution is 2.23. The Balaban J connectivity index is 1.64. The van der Waals surface area contributed by atoms with Gasteiger partial charge >= 0.3 is 0 Å². The molecule has 136 valence electrons. The van der Waals surface area contributed by atoms with E-state index in [-0.39, 0.29) is 29.5 Å². The van der Waals surface area contributed by atoms with Gasteiger partial charge in [-0.05, 0) is 32.5 Å². The molecule has 2 atom stereocenters. The lowest BCUT2D eigenvalue weighted by atomic mass is 10.2. The molecular weight excluding hydrogens is 358 g/mol. The van der Waals surface area contributed by atoms with Crippen molar-refractivity contribution in [1.29, 1.82) is 0 Å². The van der Waals surface area contributed by atoms with Crippen LogP contribution in [-0.2, 0) is 21.2 Å². The van der Waals surface area contributed by atoms with Crippen molar-refractivity contribution in [2.24, 2.45) is 0 Å². The van der Waals surface area contributed by atoms with Crippen LogP contribution in [0.5, 0.6) is 0 Å². The third kappa shape index (κ3) is 4.02. The molecule has 2 heterocycles. The van der Waals surface area contributed by atoms with Crippen molar-refractivity contribution in [2.75, 3.05) is 25.6 Å². The van der Waals surface area contributed by atoms with Gasteiger partial charge in [0, 0.05) is 13.1 Å². The van der Waals surface area contributed by atoms with Crippen molar-refractivity contribution in [2.45, 2.75) is 32.0 Å². The largest absolute Gasteiger partial charge is 0.340 e. The maximum Gasteiger partial charge on any atom is 0.239 e. The molecule has 1 saturated heterocycles. The van der Waals surface area contributed by atoms with E-state index in [0.717, 1.165) is 15.2 Å². The summed E-state index contributed by atoms with van der Waals surface area (Å²) in [5.41, 5.74) is 0.975. The van der Waals surface area contributed by atoms with Gasteiger partial charge in [-0.25, -0.2) is 13.4 Å². The van der Waals surface area contributed by atoms with Gasteiger partial charge in [-0.1, -0.05) is 12.1 Å². The van der Waals surface area contributed by atoms with E-state index in [1.165, 1.54) is 0 Å². The van der Waals surface area contributed by atoms with Crippen LogP contribution in [0.2, 0.25) is 0 Å². The summed E-state index contributed by atoms with van der Waals surface area (Å²) >= 11 is 1.63. The zero-order chi connectivity index (χ0) is 18.2. The van der Waals surface area contributed by atoms with Crippen LogP contribution in [0.15, 0.2) is 24.3 Å². The van der Waals surface area contributed by atoms with Gasteiger partial charge in [0.2, 0.25) is 5.91 Å². The normalized spacial score (nSPS) is 20.9. The van der Waals surface area contributed by atoms with E-state index in [0.29, 0.717) is 13.0 Å². The quantitative estimate of drug-likeness (QED) is 0.789. The lowest BCUT2D eigenvalue weighted by Gasteiger charge is -2.30. The second-order valence-corrected chi connectivity index (χ2v) is 10.0. The number of sulfone groups is 1. The minimum atomic E-state index is -3.00. The first kappa shape index (κ1) is 18.3. The maximum absolute atomic E-state index is 12.7. The Bertz CT molecular complexity index is 845. The van der Waals surface area contributed by atoms with E-state index in [9.17, 15) is 13.2 Å². The van der Waals surface area contributed by atoms with E-state index in [1.54, 1.807) is 23.3 Å². The average molecular weight is 382 g/mol. The van der Waals surface area contributed by atoms with Crippen molar-refractivity contribution in [3.63, 3.8) is 0 Å². The average Bonchev–Trinajstić information content (AvgIpc) is 3.14. The molecule has 1 amide bonds. The first-order chi connectivity index (χ1) is 11.8. The van der Waals surface area contributed by atoms with Gasteiger partial charge in [0.15, 0.2) is 9.84 Å². The smallest absolute Gasteiger partial charge is 0.239 e. The summed E-state index contributed by atoms with van der Waals surface area (Å²) < 4.78 is 24.4. The lowest BCUT2D eigenvalue weighted by molar-refractivity contribution is -0.136. The number of thiazole rings is 1. The fourth-order valence-corrected chi connectivity index (χ4v) is 5.89. The highest BCUT2D eigenvalue weighted by molar-refractivity contribution is 7.91. The Morgan fingerprint density at radius 2 is 2.08 bits per heavy atom. The number of para-hydroxylation sites is 1. The number of rotatable bonds is 5. The summed E-state index contributed by atoms with van der Waals surface area (Å²) in [6.45, 7) is 2.44. The molecule has 1 aliphatic heterocycles. The number of hydrogen-bond donors (Lipinski definition) is 0. The molecule has 0 bridgehead atoms. The molecule has 0 saturated carbocycles. The molecule has 6 nitrogen and oxygen atoms in total. The first-order valence-corrected chi connectivity index (χ1v) is 10.9. The van der Waals surface area contributed by atoms with Crippen LogP contribution in [0, 0.1) is 0 Å². The second-order valence-electron chi connectivity index (χ2n) is 6.67. The van der Waals surface area contributed by atoms with Crippen LogP contribution in [0.3, 0.4) is 0 Å². The molecular formula is C17H23N3O3S2. The predicted octanol–water partition coefficient (Wildman–Crippen LogP) is 1.76. The van der Waals surface area contributed by atoms with Gasteiger partial charge in [-0.3, -0.25) is 9.69 Å². The van der Waals surface area contributed by atoms with Crippen LogP contribution in [0.4, 0.5) is 0 Å². The summed E-state index contributed by atoms with van der Waals surface area (Å²) in [7, 11) is 0.602. The van der Waals surface area contributed by atoms with E-state index in [4.69, 9.17) is 0 Å². The van der Waals surface area contributed by atoms with Gasteiger partial charge in [0.1, 0.15) is 5.01 Å². The molecule has 1 aromatic carbocycles. The van der Waals surface area contributed by atoms with Crippen LogP contribution in [-0.4, -0.2) is 66.8 Å². The fourth-order valence-electron chi connectivity index (χ4n) is 3.08. The fraction of sp³-hybridized carbons (Fsp3) is 0.529. The summed E-state index contributed by atoms with van der Waals surface area (Å²) in [6, 6.07) is 7.44. The van der Waals surface area contributed by atoms with E-state index in [1.807, 2.05) is 43.1 Å². The number of carbonyl (C=O) groups is 1. The topological polar surface area (TPSA) is 70.6 Å². The molecule has 0 unspecified atom stereocenters. The summed E-state index contributed by atoms with van der Waals surface area (Å²) in [5, 5.41) is 0.967. The first-order valence-electron chi connectivity index (χ1n) is 8.28. The summed E-state index contributed by atoms with van der Waals surface area (Å²) in [5.74, 6) is 0.195. The number of benzene rings is 1. The van der Waals surface area contributed by atoms with Crippen molar-refractivity contribution >= 4 is 37.3 Å². The Kier molecular flexibility index (Phi) is 5.13. The Labute approximate surface area is 152 Å². The number of amides is 1. The van der Waals surface area contributed by atoms with Crippen molar-refractivity contribution in [1.82, 2.24) is 14.8 Å². The Morgan fingerprint density at radius 1 is 1.36 bits per heavy atom. The molecule has 0 spiro atoms. The third-order valence-corrected chi connectivity index (χ3v) is 7.62. The van der Waals surface area contributed by atoms with Gasteiger partial charge in [-0.2, -0.15) is 0 Å². The van der Waals surface area contributed by atoms with Crippen molar-refractivity contribution in [3.8, 4) is 0 Å². The van der Waals surface area contributed by atoms with Crippen LogP contribution in [0.25, 0.3) is 10.2 Å². The van der Waals surface area contributed by atoms with E-state index in [2.05, 4.69) is 4.98 Å². The zero-order valence-corrected chi connectivity index (χ0v) is 16.3. The van der Waals surface area contributed by atoms with Gasteiger partial charge in [0.05, 0.1) is 34.3 Å². The van der Waals surface area contributed by atoms with Crippen molar-refractivity contribution < 1.29 is 13.2 Å². The summed E-state index contributed by atoms with van der Waals surface area (Å²) in [6.07, 6.45) is 0.527. The van der Waals surface area contributed by atoms with Crippen molar-refractivity contribution in [3.05, 3.63) is 29.3 Å². The lowest BCUT2D eigenvalue weighted by Crippen LogP contribution is -2.48. The molecule has 1 aromatic heterocycles. The highest BCUT2D eigenvalue weighted by Gasteiger charge is 2.34. The highest BCUT2D eigenvalue weighted by atomic mass is 32.2. The predicted molar refractivity (Wildman–Crippen MR) is 100 cm³/mol. The molecule has 0 aliphatic carbocycles.